The lowest BCUT2D eigenvalue weighted by molar-refractivity contribution is -0.131. The lowest BCUT2D eigenvalue weighted by Gasteiger charge is -2.19. The van der Waals surface area contributed by atoms with E-state index in [9.17, 15) is 4.79 Å². The lowest BCUT2D eigenvalue weighted by atomic mass is 10.2. The van der Waals surface area contributed by atoms with Crippen molar-refractivity contribution < 1.29 is 9.32 Å². The third-order valence-corrected chi connectivity index (χ3v) is 4.90. The van der Waals surface area contributed by atoms with E-state index >= 15 is 0 Å². The van der Waals surface area contributed by atoms with Crippen LogP contribution in [-0.4, -0.2) is 27.5 Å². The Balaban J connectivity index is 1.57. The molecule has 130 valence electrons. The van der Waals surface area contributed by atoms with E-state index in [-0.39, 0.29) is 5.91 Å². The molecule has 2 heterocycles. The van der Waals surface area contributed by atoms with Crippen LogP contribution in [0.15, 0.2) is 46.3 Å². The van der Waals surface area contributed by atoms with Crippen molar-refractivity contribution in [2.75, 3.05) is 6.54 Å². The normalized spacial score (nSPS) is 10.8. The SMILES string of the molecule is CCN(Cc1cccs1)C(=O)CCc1nc(-c2ccc(Cl)cc2)no1. The molecular weight excluding hydrogens is 358 g/mol. The number of carbonyl (C=O) groups is 1. The van der Waals surface area contributed by atoms with Gasteiger partial charge in [0.05, 0.1) is 6.54 Å². The molecule has 0 fully saturated rings. The van der Waals surface area contributed by atoms with Gasteiger partial charge in [-0.05, 0) is 42.6 Å². The molecule has 0 aliphatic heterocycles. The molecule has 0 saturated carbocycles. The monoisotopic (exact) mass is 375 g/mol. The van der Waals surface area contributed by atoms with Gasteiger partial charge in [0, 0.05) is 34.8 Å². The van der Waals surface area contributed by atoms with Crippen molar-refractivity contribution in [2.45, 2.75) is 26.3 Å². The van der Waals surface area contributed by atoms with Gasteiger partial charge in [-0.2, -0.15) is 4.98 Å². The van der Waals surface area contributed by atoms with Gasteiger partial charge < -0.3 is 9.42 Å². The quantitative estimate of drug-likeness (QED) is 0.612. The molecule has 3 aromatic rings. The highest BCUT2D eigenvalue weighted by atomic mass is 35.5. The smallest absolute Gasteiger partial charge is 0.227 e. The molecule has 0 radical (unpaired) electrons. The van der Waals surface area contributed by atoms with Crippen LogP contribution >= 0.6 is 22.9 Å². The third kappa shape index (κ3) is 4.67. The summed E-state index contributed by atoms with van der Waals surface area (Å²) in [6.07, 6.45) is 0.780. The van der Waals surface area contributed by atoms with Crippen LogP contribution in [-0.2, 0) is 17.8 Å². The molecule has 7 heteroatoms. The molecule has 0 saturated heterocycles. The van der Waals surface area contributed by atoms with Crippen molar-refractivity contribution in [3.05, 3.63) is 57.6 Å². The summed E-state index contributed by atoms with van der Waals surface area (Å²) in [6, 6.07) is 11.3. The molecule has 5 nitrogen and oxygen atoms in total. The third-order valence-electron chi connectivity index (χ3n) is 3.78. The fourth-order valence-corrected chi connectivity index (χ4v) is 3.26. The van der Waals surface area contributed by atoms with E-state index in [1.54, 1.807) is 23.5 Å². The number of aromatic nitrogens is 2. The fraction of sp³-hybridized carbons (Fsp3) is 0.278. The number of amides is 1. The minimum absolute atomic E-state index is 0.0853. The highest BCUT2D eigenvalue weighted by molar-refractivity contribution is 7.09. The Hall–Kier alpha value is -2.18. The average molecular weight is 376 g/mol. The van der Waals surface area contributed by atoms with Crippen LogP contribution in [0.3, 0.4) is 0 Å². The molecule has 0 bridgehead atoms. The van der Waals surface area contributed by atoms with Gasteiger partial charge in [-0.25, -0.2) is 0 Å². The van der Waals surface area contributed by atoms with Gasteiger partial charge in [-0.1, -0.05) is 22.8 Å². The first-order chi connectivity index (χ1) is 12.2. The van der Waals surface area contributed by atoms with Gasteiger partial charge in [-0.3, -0.25) is 4.79 Å². The van der Waals surface area contributed by atoms with Gasteiger partial charge in [0.15, 0.2) is 0 Å². The molecular formula is C18H18ClN3O2S. The summed E-state index contributed by atoms with van der Waals surface area (Å²) in [5, 5.41) is 6.64. The molecule has 0 aliphatic carbocycles. The number of halogens is 1. The summed E-state index contributed by atoms with van der Waals surface area (Å²) in [7, 11) is 0. The molecule has 1 aromatic carbocycles. The molecule has 0 spiro atoms. The Morgan fingerprint density at radius 1 is 1.28 bits per heavy atom. The molecule has 0 N–H and O–H groups in total. The van der Waals surface area contributed by atoms with E-state index in [0.717, 1.165) is 5.56 Å². The Kier molecular flexibility index (Phi) is 5.83. The second kappa shape index (κ2) is 8.27. The van der Waals surface area contributed by atoms with Gasteiger partial charge in [0.25, 0.3) is 0 Å². The maximum atomic E-state index is 12.4. The molecule has 1 amide bonds. The first-order valence-electron chi connectivity index (χ1n) is 8.04. The molecule has 0 aliphatic rings. The first-order valence-corrected chi connectivity index (χ1v) is 9.30. The number of hydrogen-bond donors (Lipinski definition) is 0. The number of carbonyl (C=O) groups excluding carboxylic acids is 1. The number of hydrogen-bond acceptors (Lipinski definition) is 5. The Morgan fingerprint density at radius 3 is 2.76 bits per heavy atom. The second-order valence-corrected chi connectivity index (χ2v) is 6.97. The number of aryl methyl sites for hydroxylation is 1. The van der Waals surface area contributed by atoms with E-state index < -0.39 is 0 Å². The zero-order valence-corrected chi connectivity index (χ0v) is 15.4. The second-order valence-electron chi connectivity index (χ2n) is 5.51. The van der Waals surface area contributed by atoms with E-state index in [1.807, 2.05) is 41.5 Å². The van der Waals surface area contributed by atoms with Crippen LogP contribution in [0, 0.1) is 0 Å². The van der Waals surface area contributed by atoms with Gasteiger partial charge >= 0.3 is 0 Å². The zero-order chi connectivity index (χ0) is 17.6. The Morgan fingerprint density at radius 2 is 2.08 bits per heavy atom. The van der Waals surface area contributed by atoms with E-state index in [1.165, 1.54) is 4.88 Å². The lowest BCUT2D eigenvalue weighted by Crippen LogP contribution is -2.30. The number of rotatable bonds is 7. The summed E-state index contributed by atoms with van der Waals surface area (Å²) in [4.78, 5) is 19.8. The molecule has 3 rings (SSSR count). The summed E-state index contributed by atoms with van der Waals surface area (Å²) < 4.78 is 5.26. The van der Waals surface area contributed by atoms with Crippen LogP contribution in [0.1, 0.15) is 24.1 Å². The highest BCUT2D eigenvalue weighted by Crippen LogP contribution is 2.19. The topological polar surface area (TPSA) is 59.2 Å². The predicted octanol–water partition coefficient (Wildman–Crippen LogP) is 4.43. The highest BCUT2D eigenvalue weighted by Gasteiger charge is 2.15. The standard InChI is InChI=1S/C18H18ClN3O2S/c1-2-22(12-15-4-3-11-25-15)17(23)10-9-16-20-18(21-24-16)13-5-7-14(19)8-6-13/h3-8,11H,2,9-10,12H2,1H3. The summed E-state index contributed by atoms with van der Waals surface area (Å²) in [5.74, 6) is 1.05. The van der Waals surface area contributed by atoms with Crippen LogP contribution in [0.2, 0.25) is 5.02 Å². The van der Waals surface area contributed by atoms with Crippen LogP contribution in [0.4, 0.5) is 0 Å². The molecule has 0 atom stereocenters. The molecule has 25 heavy (non-hydrogen) atoms. The molecule has 2 aromatic heterocycles. The van der Waals surface area contributed by atoms with Gasteiger partial charge in [0.1, 0.15) is 0 Å². The van der Waals surface area contributed by atoms with Crippen LogP contribution in [0.25, 0.3) is 11.4 Å². The van der Waals surface area contributed by atoms with Crippen molar-refractivity contribution in [3.8, 4) is 11.4 Å². The summed E-state index contributed by atoms with van der Waals surface area (Å²) >= 11 is 7.53. The minimum Gasteiger partial charge on any atom is -0.339 e. The van der Waals surface area contributed by atoms with Gasteiger partial charge in [0.2, 0.25) is 17.6 Å². The fourth-order valence-electron chi connectivity index (χ4n) is 2.41. The Labute approximate surface area is 155 Å². The van der Waals surface area contributed by atoms with E-state index in [4.69, 9.17) is 16.1 Å². The predicted molar refractivity (Wildman–Crippen MR) is 98.5 cm³/mol. The average Bonchev–Trinajstić information content (AvgIpc) is 3.30. The largest absolute Gasteiger partial charge is 0.339 e. The van der Waals surface area contributed by atoms with E-state index in [0.29, 0.717) is 42.7 Å². The molecule has 0 unspecified atom stereocenters. The summed E-state index contributed by atoms with van der Waals surface area (Å²) in [5.41, 5.74) is 0.832. The maximum Gasteiger partial charge on any atom is 0.227 e. The van der Waals surface area contributed by atoms with Crippen molar-refractivity contribution >= 4 is 28.8 Å². The Bertz CT molecular complexity index is 815. The zero-order valence-electron chi connectivity index (χ0n) is 13.8. The number of nitrogens with zero attached hydrogens (tertiary/aromatic N) is 3. The van der Waals surface area contributed by atoms with Crippen molar-refractivity contribution in [1.82, 2.24) is 15.0 Å². The van der Waals surface area contributed by atoms with Crippen molar-refractivity contribution in [2.24, 2.45) is 0 Å². The summed E-state index contributed by atoms with van der Waals surface area (Å²) in [6.45, 7) is 3.31. The van der Waals surface area contributed by atoms with Crippen molar-refractivity contribution in [1.29, 1.82) is 0 Å². The van der Waals surface area contributed by atoms with Gasteiger partial charge in [-0.15, -0.1) is 11.3 Å². The van der Waals surface area contributed by atoms with Crippen molar-refractivity contribution in [3.63, 3.8) is 0 Å². The number of benzene rings is 1. The van der Waals surface area contributed by atoms with Crippen LogP contribution < -0.4 is 0 Å². The van der Waals surface area contributed by atoms with E-state index in [2.05, 4.69) is 10.1 Å². The number of thiophene rings is 1. The maximum absolute atomic E-state index is 12.4. The minimum atomic E-state index is 0.0853. The van der Waals surface area contributed by atoms with Crippen LogP contribution in [0.5, 0.6) is 0 Å². The first kappa shape index (κ1) is 17.6.